The highest BCUT2D eigenvalue weighted by molar-refractivity contribution is 6.48. The summed E-state index contributed by atoms with van der Waals surface area (Å²) < 4.78 is 6.38. The van der Waals surface area contributed by atoms with Crippen LogP contribution in [0.3, 0.4) is 0 Å². The molecule has 2 unspecified atom stereocenters. The molecule has 1 aromatic carbocycles. The van der Waals surface area contributed by atoms with Gasteiger partial charge in [-0.25, -0.2) is 0 Å². The van der Waals surface area contributed by atoms with Crippen molar-refractivity contribution in [2.24, 2.45) is 11.3 Å². The van der Waals surface area contributed by atoms with Crippen LogP contribution < -0.4 is 0 Å². The van der Waals surface area contributed by atoms with E-state index in [-0.39, 0.29) is 12.0 Å². The van der Waals surface area contributed by atoms with E-state index >= 15 is 0 Å². The second-order valence-corrected chi connectivity index (χ2v) is 9.63. The first-order chi connectivity index (χ1) is 9.81. The van der Waals surface area contributed by atoms with Gasteiger partial charge in [0.2, 0.25) is 9.04 Å². The van der Waals surface area contributed by atoms with Crippen LogP contribution in [0.1, 0.15) is 43.9 Å². The van der Waals surface area contributed by atoms with Crippen molar-refractivity contribution in [2.45, 2.75) is 65.8 Å². The summed E-state index contributed by atoms with van der Waals surface area (Å²) in [7, 11) is -0.684. The van der Waals surface area contributed by atoms with E-state index in [4.69, 9.17) is 4.43 Å². The Kier molecular flexibility index (Phi) is 5.28. The predicted molar refractivity (Wildman–Crippen MR) is 89.7 cm³/mol. The summed E-state index contributed by atoms with van der Waals surface area (Å²) in [6, 6.07) is 6.44. The molecule has 0 amide bonds. The molecule has 0 heterocycles. The first-order valence-electron chi connectivity index (χ1n) is 7.99. The minimum atomic E-state index is -0.684. The van der Waals surface area contributed by atoms with E-state index < -0.39 is 9.04 Å². The highest BCUT2D eigenvalue weighted by Crippen LogP contribution is 2.37. The lowest BCUT2D eigenvalue weighted by atomic mass is 9.73. The predicted octanol–water partition coefficient (Wildman–Crippen LogP) is 3.97. The Morgan fingerprint density at radius 1 is 1.29 bits per heavy atom. The smallest absolute Gasteiger partial charge is 0.205 e. The molecule has 1 aliphatic carbocycles. The number of aryl methyl sites for hydroxylation is 1. The SMILES string of the molecule is C[Si](C)OC(C1CCc2cc(CO)ccc2C1)C(C)(C)C. The van der Waals surface area contributed by atoms with Crippen molar-refractivity contribution in [3.05, 3.63) is 34.9 Å². The van der Waals surface area contributed by atoms with Gasteiger partial charge in [0.1, 0.15) is 0 Å². The molecule has 0 spiro atoms. The van der Waals surface area contributed by atoms with E-state index in [2.05, 4.69) is 52.1 Å². The Labute approximate surface area is 131 Å². The highest BCUT2D eigenvalue weighted by atomic mass is 28.3. The highest BCUT2D eigenvalue weighted by Gasteiger charge is 2.35. The largest absolute Gasteiger partial charge is 0.413 e. The van der Waals surface area contributed by atoms with Gasteiger partial charge in [0, 0.05) is 0 Å². The monoisotopic (exact) mass is 305 g/mol. The van der Waals surface area contributed by atoms with Gasteiger partial charge in [-0.15, -0.1) is 0 Å². The number of hydrogen-bond donors (Lipinski definition) is 1. The molecule has 2 nitrogen and oxygen atoms in total. The molecule has 0 aliphatic heterocycles. The molecule has 21 heavy (non-hydrogen) atoms. The van der Waals surface area contributed by atoms with Crippen molar-refractivity contribution >= 4 is 9.04 Å². The number of benzene rings is 1. The molecular weight excluding hydrogens is 276 g/mol. The van der Waals surface area contributed by atoms with Crippen molar-refractivity contribution in [1.82, 2.24) is 0 Å². The normalized spacial score (nSPS) is 20.4. The molecule has 1 aliphatic rings. The minimum absolute atomic E-state index is 0.141. The van der Waals surface area contributed by atoms with Crippen LogP contribution in [-0.4, -0.2) is 20.3 Å². The van der Waals surface area contributed by atoms with Crippen LogP contribution in [0.25, 0.3) is 0 Å². The molecule has 0 saturated carbocycles. The first kappa shape index (κ1) is 16.7. The minimum Gasteiger partial charge on any atom is -0.413 e. The molecule has 0 bridgehead atoms. The molecule has 0 saturated heterocycles. The third-order valence-electron chi connectivity index (χ3n) is 4.36. The fraction of sp³-hybridized carbons (Fsp3) is 0.667. The standard InChI is InChI=1S/C18H29O2Si/c1-18(2,3)17(20-21(4)5)16-9-8-14-10-13(12-19)6-7-15(14)11-16/h6-7,10,16-17,19H,8-9,11-12H2,1-5H3. The Morgan fingerprint density at radius 2 is 2.00 bits per heavy atom. The topological polar surface area (TPSA) is 29.5 Å². The lowest BCUT2D eigenvalue weighted by molar-refractivity contribution is 0.0271. The maximum Gasteiger partial charge on any atom is 0.205 e. The van der Waals surface area contributed by atoms with Crippen LogP contribution in [0.4, 0.5) is 0 Å². The summed E-state index contributed by atoms with van der Waals surface area (Å²) in [5, 5.41) is 9.27. The fourth-order valence-corrected chi connectivity index (χ4v) is 4.48. The second kappa shape index (κ2) is 6.63. The van der Waals surface area contributed by atoms with Gasteiger partial charge in [-0.2, -0.15) is 0 Å². The van der Waals surface area contributed by atoms with Crippen molar-refractivity contribution in [1.29, 1.82) is 0 Å². The number of aliphatic hydroxyl groups is 1. The zero-order chi connectivity index (χ0) is 15.6. The molecule has 1 aromatic rings. The van der Waals surface area contributed by atoms with Crippen LogP contribution in [0.15, 0.2) is 18.2 Å². The van der Waals surface area contributed by atoms with E-state index in [1.165, 1.54) is 17.5 Å². The van der Waals surface area contributed by atoms with Gasteiger partial charge >= 0.3 is 0 Å². The number of rotatable bonds is 4. The molecular formula is C18H29O2Si. The summed E-state index contributed by atoms with van der Waals surface area (Å²) in [6.45, 7) is 11.5. The van der Waals surface area contributed by atoms with Crippen LogP contribution in [0, 0.1) is 11.3 Å². The van der Waals surface area contributed by atoms with E-state index in [0.717, 1.165) is 18.4 Å². The van der Waals surface area contributed by atoms with Crippen LogP contribution in [0.2, 0.25) is 13.1 Å². The van der Waals surface area contributed by atoms with Gasteiger partial charge in [-0.1, -0.05) is 39.0 Å². The molecule has 2 rings (SSSR count). The van der Waals surface area contributed by atoms with Gasteiger partial charge in [0.05, 0.1) is 12.7 Å². The summed E-state index contributed by atoms with van der Waals surface area (Å²) in [4.78, 5) is 0. The summed E-state index contributed by atoms with van der Waals surface area (Å²) in [6.07, 6.45) is 3.75. The zero-order valence-electron chi connectivity index (χ0n) is 14.1. The van der Waals surface area contributed by atoms with Crippen molar-refractivity contribution < 1.29 is 9.53 Å². The first-order valence-corrected chi connectivity index (χ1v) is 10.4. The number of fused-ring (bicyclic) bond motifs is 1. The van der Waals surface area contributed by atoms with E-state index in [1.54, 1.807) is 0 Å². The maximum absolute atomic E-state index is 9.27. The van der Waals surface area contributed by atoms with Crippen molar-refractivity contribution in [3.63, 3.8) is 0 Å². The van der Waals surface area contributed by atoms with Crippen LogP contribution in [0.5, 0.6) is 0 Å². The quantitative estimate of drug-likeness (QED) is 0.853. The third kappa shape index (κ3) is 4.18. The third-order valence-corrected chi connectivity index (χ3v) is 5.09. The summed E-state index contributed by atoms with van der Waals surface area (Å²) in [5.74, 6) is 0.609. The maximum atomic E-state index is 9.27. The van der Waals surface area contributed by atoms with Gasteiger partial charge in [-0.05, 0) is 60.4 Å². The average molecular weight is 306 g/mol. The van der Waals surface area contributed by atoms with Crippen molar-refractivity contribution in [2.75, 3.05) is 0 Å². The summed E-state index contributed by atoms with van der Waals surface area (Å²) in [5.41, 5.74) is 4.09. The Balaban J connectivity index is 2.18. The average Bonchev–Trinajstić information content (AvgIpc) is 2.42. The van der Waals surface area contributed by atoms with Crippen molar-refractivity contribution in [3.8, 4) is 0 Å². The lowest BCUT2D eigenvalue weighted by Crippen LogP contribution is -2.41. The molecule has 3 heteroatoms. The summed E-state index contributed by atoms with van der Waals surface area (Å²) >= 11 is 0. The Bertz CT molecular complexity index is 477. The Morgan fingerprint density at radius 3 is 2.57 bits per heavy atom. The second-order valence-electron chi connectivity index (χ2n) is 7.58. The lowest BCUT2D eigenvalue weighted by Gasteiger charge is -2.40. The molecule has 1 N–H and O–H groups in total. The van der Waals surface area contributed by atoms with Gasteiger partial charge in [0.25, 0.3) is 0 Å². The van der Waals surface area contributed by atoms with E-state index in [9.17, 15) is 5.11 Å². The molecule has 0 fully saturated rings. The van der Waals surface area contributed by atoms with Gasteiger partial charge in [-0.3, -0.25) is 0 Å². The number of aliphatic hydroxyl groups excluding tert-OH is 1. The molecule has 0 aromatic heterocycles. The van der Waals surface area contributed by atoms with E-state index in [0.29, 0.717) is 12.0 Å². The van der Waals surface area contributed by atoms with Crippen LogP contribution in [-0.2, 0) is 23.9 Å². The molecule has 117 valence electrons. The zero-order valence-corrected chi connectivity index (χ0v) is 15.1. The van der Waals surface area contributed by atoms with Gasteiger partial charge in [0.15, 0.2) is 0 Å². The fourth-order valence-electron chi connectivity index (χ4n) is 3.43. The Hall–Kier alpha value is -0.643. The van der Waals surface area contributed by atoms with Gasteiger partial charge < -0.3 is 9.53 Å². The van der Waals surface area contributed by atoms with Crippen LogP contribution >= 0.6 is 0 Å². The number of hydrogen-bond acceptors (Lipinski definition) is 2. The molecule has 1 radical (unpaired) electrons. The van der Waals surface area contributed by atoms with E-state index in [1.807, 2.05) is 0 Å². The molecule has 2 atom stereocenters.